The van der Waals surface area contributed by atoms with Crippen LogP contribution in [0, 0.1) is 5.92 Å². The van der Waals surface area contributed by atoms with Gasteiger partial charge in [0.25, 0.3) is 0 Å². The van der Waals surface area contributed by atoms with Gasteiger partial charge in [-0.05, 0) is 23.6 Å². The Morgan fingerprint density at radius 3 is 1.96 bits per heavy atom. The van der Waals surface area contributed by atoms with Crippen molar-refractivity contribution in [3.63, 3.8) is 0 Å². The summed E-state index contributed by atoms with van der Waals surface area (Å²) < 4.78 is 5.54. The molecule has 0 bridgehead atoms. The minimum atomic E-state index is -1.08. The number of rotatable bonds is 8. The van der Waals surface area contributed by atoms with E-state index in [-0.39, 0.29) is 12.8 Å². The van der Waals surface area contributed by atoms with Crippen LogP contribution < -0.4 is 15.8 Å². The van der Waals surface area contributed by atoms with Crippen molar-refractivity contribution in [2.45, 2.75) is 33.2 Å². The Kier molecular flexibility index (Phi) is 10.4. The molecular weight excluding hydrogens is 316 g/mol. The molecule has 0 aliphatic heterocycles. The summed E-state index contributed by atoms with van der Waals surface area (Å²) in [6.45, 7) is 5.36. The topological polar surface area (TPSA) is 139 Å². The van der Waals surface area contributed by atoms with Crippen LogP contribution in [0.1, 0.15) is 32.3 Å². The van der Waals surface area contributed by atoms with Crippen LogP contribution in [-0.2, 0) is 16.1 Å². The van der Waals surface area contributed by atoms with Crippen molar-refractivity contribution in [2.24, 2.45) is 11.7 Å². The van der Waals surface area contributed by atoms with Crippen LogP contribution in [0.15, 0.2) is 24.3 Å². The number of carboxylic acid groups (broad SMARTS) is 2. The molecule has 0 saturated heterocycles. The monoisotopic (exact) mass is 340 g/mol. The van der Waals surface area contributed by atoms with Gasteiger partial charge >= 0.3 is 18.0 Å². The van der Waals surface area contributed by atoms with E-state index >= 15 is 0 Å². The predicted octanol–water partition coefficient (Wildman–Crippen LogP) is 1.83. The van der Waals surface area contributed by atoms with Crippen LogP contribution in [0.5, 0.6) is 5.75 Å². The van der Waals surface area contributed by atoms with Gasteiger partial charge in [-0.3, -0.25) is 9.59 Å². The maximum Gasteiger partial charge on any atom is 0.312 e. The van der Waals surface area contributed by atoms with Crippen molar-refractivity contribution >= 4 is 18.0 Å². The molecule has 8 heteroatoms. The Balaban J connectivity index is 0.000000561. The second-order valence-electron chi connectivity index (χ2n) is 5.35. The van der Waals surface area contributed by atoms with Gasteiger partial charge in [0.05, 0.1) is 19.4 Å². The van der Waals surface area contributed by atoms with E-state index in [9.17, 15) is 14.4 Å². The molecule has 8 nitrogen and oxygen atoms in total. The molecule has 0 spiro atoms. The average molecular weight is 340 g/mol. The van der Waals surface area contributed by atoms with Crippen LogP contribution in [0.2, 0.25) is 0 Å². The summed E-state index contributed by atoms with van der Waals surface area (Å²) in [5, 5.41) is 18.3. The number of benzene rings is 1. The third-order valence-electron chi connectivity index (χ3n) is 2.53. The number of carbonyl (C=O) groups is 3. The van der Waals surface area contributed by atoms with Crippen molar-refractivity contribution in [3.05, 3.63) is 29.8 Å². The fourth-order valence-electron chi connectivity index (χ4n) is 1.37. The largest absolute Gasteiger partial charge is 0.493 e. The molecule has 0 saturated carbocycles. The van der Waals surface area contributed by atoms with E-state index in [0.717, 1.165) is 11.3 Å². The Bertz CT molecular complexity index is 514. The molecule has 134 valence electrons. The number of nitrogens with one attached hydrogen (secondary N) is 1. The summed E-state index contributed by atoms with van der Waals surface area (Å²) in [4.78, 5) is 29.8. The highest BCUT2D eigenvalue weighted by atomic mass is 16.5. The van der Waals surface area contributed by atoms with Gasteiger partial charge in [0, 0.05) is 6.54 Å². The molecular formula is C16H24N2O6. The van der Waals surface area contributed by atoms with Crippen molar-refractivity contribution < 1.29 is 29.3 Å². The molecule has 0 unspecified atom stereocenters. The first-order valence-corrected chi connectivity index (χ1v) is 7.39. The molecule has 1 aromatic rings. The minimum absolute atomic E-state index is 0.296. The molecule has 24 heavy (non-hydrogen) atoms. The standard InChI is InChI=1S/C12H18N2O2.C4H6O4/c1-9(2)8-16-11-5-3-10(4-6-11)7-14-12(13)15;5-3(6)1-2-4(7)8/h3-6,9H,7-8H2,1-2H3,(H3,13,14,15);1-2H2,(H,5,6)(H,7,8). The van der Waals surface area contributed by atoms with Crippen LogP contribution in [0.25, 0.3) is 0 Å². The molecule has 5 N–H and O–H groups in total. The Labute approximate surface area is 140 Å². The molecule has 0 atom stereocenters. The zero-order valence-electron chi connectivity index (χ0n) is 13.8. The summed E-state index contributed by atoms with van der Waals surface area (Å²) in [6.07, 6.45) is -0.593. The first-order valence-electron chi connectivity index (χ1n) is 7.39. The normalized spacial score (nSPS) is 9.62. The third-order valence-corrected chi connectivity index (χ3v) is 2.53. The number of hydrogen-bond acceptors (Lipinski definition) is 4. The SMILES string of the molecule is CC(C)COc1ccc(CNC(N)=O)cc1.O=C(O)CCC(=O)O. The van der Waals surface area contributed by atoms with Crippen molar-refractivity contribution in [3.8, 4) is 5.75 Å². The zero-order valence-corrected chi connectivity index (χ0v) is 13.8. The van der Waals surface area contributed by atoms with E-state index in [1.54, 1.807) is 0 Å². The maximum absolute atomic E-state index is 10.5. The molecule has 2 amide bonds. The first kappa shape index (κ1) is 21.2. The van der Waals surface area contributed by atoms with E-state index in [1.165, 1.54) is 0 Å². The molecule has 1 rings (SSSR count). The molecule has 0 fully saturated rings. The van der Waals surface area contributed by atoms with Gasteiger partial charge < -0.3 is 26.0 Å². The molecule has 0 aromatic heterocycles. The van der Waals surface area contributed by atoms with Crippen LogP contribution in [0.4, 0.5) is 4.79 Å². The fraction of sp³-hybridized carbons (Fsp3) is 0.438. The van der Waals surface area contributed by atoms with Crippen LogP contribution in [0.3, 0.4) is 0 Å². The average Bonchev–Trinajstić information content (AvgIpc) is 2.50. The molecule has 0 heterocycles. The van der Waals surface area contributed by atoms with Gasteiger partial charge in [0.1, 0.15) is 5.75 Å². The number of amides is 2. The number of carboxylic acids is 2. The van der Waals surface area contributed by atoms with Gasteiger partial charge in [-0.2, -0.15) is 0 Å². The number of hydrogen-bond donors (Lipinski definition) is 4. The van der Waals surface area contributed by atoms with E-state index < -0.39 is 18.0 Å². The number of urea groups is 1. The summed E-state index contributed by atoms with van der Waals surface area (Å²) in [5.41, 5.74) is 5.97. The third kappa shape index (κ3) is 12.9. The summed E-state index contributed by atoms with van der Waals surface area (Å²) >= 11 is 0. The summed E-state index contributed by atoms with van der Waals surface area (Å²) in [5.74, 6) is -0.799. The smallest absolute Gasteiger partial charge is 0.312 e. The lowest BCUT2D eigenvalue weighted by Crippen LogP contribution is -2.28. The highest BCUT2D eigenvalue weighted by Crippen LogP contribution is 2.13. The van der Waals surface area contributed by atoms with Crippen molar-refractivity contribution in [1.82, 2.24) is 5.32 Å². The molecule has 0 radical (unpaired) electrons. The summed E-state index contributed by atoms with van der Waals surface area (Å²) in [7, 11) is 0. The summed E-state index contributed by atoms with van der Waals surface area (Å²) in [6, 6.07) is 7.08. The highest BCUT2D eigenvalue weighted by molar-refractivity contribution is 5.75. The molecule has 1 aromatic carbocycles. The van der Waals surface area contributed by atoms with Gasteiger partial charge in [-0.1, -0.05) is 26.0 Å². The number of ether oxygens (including phenoxy) is 1. The quantitative estimate of drug-likeness (QED) is 0.569. The second-order valence-corrected chi connectivity index (χ2v) is 5.35. The Morgan fingerprint density at radius 1 is 1.08 bits per heavy atom. The van der Waals surface area contributed by atoms with E-state index in [2.05, 4.69) is 19.2 Å². The van der Waals surface area contributed by atoms with E-state index in [1.807, 2.05) is 24.3 Å². The van der Waals surface area contributed by atoms with E-state index in [0.29, 0.717) is 19.1 Å². The lowest BCUT2D eigenvalue weighted by molar-refractivity contribution is -0.143. The predicted molar refractivity (Wildman–Crippen MR) is 87.7 cm³/mol. The second kappa shape index (κ2) is 11.8. The lowest BCUT2D eigenvalue weighted by atomic mass is 10.2. The minimum Gasteiger partial charge on any atom is -0.493 e. The van der Waals surface area contributed by atoms with Crippen LogP contribution in [-0.4, -0.2) is 34.8 Å². The van der Waals surface area contributed by atoms with Gasteiger partial charge in [0.2, 0.25) is 0 Å². The number of aliphatic carboxylic acids is 2. The van der Waals surface area contributed by atoms with Crippen LogP contribution >= 0.6 is 0 Å². The van der Waals surface area contributed by atoms with Crippen molar-refractivity contribution in [1.29, 1.82) is 0 Å². The van der Waals surface area contributed by atoms with Gasteiger partial charge in [-0.15, -0.1) is 0 Å². The molecule has 0 aliphatic rings. The van der Waals surface area contributed by atoms with Gasteiger partial charge in [-0.25, -0.2) is 4.79 Å². The van der Waals surface area contributed by atoms with Crippen molar-refractivity contribution in [2.75, 3.05) is 6.61 Å². The lowest BCUT2D eigenvalue weighted by Gasteiger charge is -2.09. The Hall–Kier alpha value is -2.77. The number of nitrogens with two attached hydrogens (primary N) is 1. The molecule has 0 aliphatic carbocycles. The number of carbonyl (C=O) groups excluding carboxylic acids is 1. The highest BCUT2D eigenvalue weighted by Gasteiger charge is 2.00. The maximum atomic E-state index is 10.5. The number of primary amides is 1. The van der Waals surface area contributed by atoms with Gasteiger partial charge in [0.15, 0.2) is 0 Å². The fourth-order valence-corrected chi connectivity index (χ4v) is 1.37. The first-order chi connectivity index (χ1) is 11.2. The Morgan fingerprint density at radius 2 is 1.58 bits per heavy atom. The van der Waals surface area contributed by atoms with E-state index in [4.69, 9.17) is 20.7 Å². The zero-order chi connectivity index (χ0) is 18.5.